The van der Waals surface area contributed by atoms with Crippen molar-refractivity contribution >= 4 is 34.7 Å². The van der Waals surface area contributed by atoms with Crippen LogP contribution in [-0.2, 0) is 0 Å². The van der Waals surface area contributed by atoms with Gasteiger partial charge in [-0.25, -0.2) is 5.43 Å². The van der Waals surface area contributed by atoms with Crippen molar-refractivity contribution in [2.75, 3.05) is 7.11 Å². The Labute approximate surface area is 135 Å². The lowest BCUT2D eigenvalue weighted by Gasteiger charge is -2.05. The number of ether oxygens (including phenoxy) is 1. The van der Waals surface area contributed by atoms with Gasteiger partial charge in [0.05, 0.1) is 18.9 Å². The van der Waals surface area contributed by atoms with Crippen LogP contribution in [0.3, 0.4) is 0 Å². The molecular formula is C15H13IN2O3. The van der Waals surface area contributed by atoms with Crippen molar-refractivity contribution in [1.29, 1.82) is 0 Å². The number of carbonyl (C=O) groups excluding carboxylic acids is 1. The number of hydrogen-bond acceptors (Lipinski definition) is 4. The Morgan fingerprint density at radius 1 is 1.33 bits per heavy atom. The monoisotopic (exact) mass is 396 g/mol. The molecule has 0 bridgehead atoms. The molecule has 0 saturated carbocycles. The zero-order valence-electron chi connectivity index (χ0n) is 11.2. The maximum atomic E-state index is 11.9. The Morgan fingerprint density at radius 3 is 2.76 bits per heavy atom. The zero-order chi connectivity index (χ0) is 15.2. The van der Waals surface area contributed by atoms with Gasteiger partial charge in [-0.2, -0.15) is 5.10 Å². The molecule has 108 valence electrons. The van der Waals surface area contributed by atoms with Crippen LogP contribution in [0.2, 0.25) is 0 Å². The van der Waals surface area contributed by atoms with Crippen LogP contribution < -0.4 is 10.2 Å². The van der Waals surface area contributed by atoms with E-state index in [1.54, 1.807) is 12.3 Å². The maximum Gasteiger partial charge on any atom is 0.275 e. The smallest absolute Gasteiger partial charge is 0.275 e. The number of nitrogens with zero attached hydrogens (tertiary/aromatic N) is 1. The molecule has 0 heterocycles. The second-order valence-electron chi connectivity index (χ2n) is 4.10. The topological polar surface area (TPSA) is 70.9 Å². The summed E-state index contributed by atoms with van der Waals surface area (Å²) in [5.74, 6) is -0.167. The van der Waals surface area contributed by atoms with Crippen molar-refractivity contribution in [3.05, 3.63) is 57.2 Å². The van der Waals surface area contributed by atoms with Gasteiger partial charge in [-0.05, 0) is 40.8 Å². The predicted octanol–water partition coefficient (Wildman–Crippen LogP) is 2.77. The first-order valence-electron chi connectivity index (χ1n) is 6.06. The highest BCUT2D eigenvalue weighted by Gasteiger charge is 2.11. The van der Waals surface area contributed by atoms with E-state index in [4.69, 9.17) is 4.74 Å². The highest BCUT2D eigenvalue weighted by molar-refractivity contribution is 14.1. The Bertz CT molecular complexity index is 686. The molecule has 2 N–H and O–H groups in total. The Morgan fingerprint density at radius 2 is 2.10 bits per heavy atom. The van der Waals surface area contributed by atoms with Crippen molar-refractivity contribution in [2.24, 2.45) is 5.10 Å². The molecule has 6 heteroatoms. The summed E-state index contributed by atoms with van der Waals surface area (Å²) in [6.07, 6.45) is 1.56. The van der Waals surface area contributed by atoms with Crippen molar-refractivity contribution in [1.82, 2.24) is 5.43 Å². The molecule has 5 nitrogen and oxygen atoms in total. The fourth-order valence-electron chi connectivity index (χ4n) is 1.63. The number of nitrogens with one attached hydrogen (secondary N) is 1. The lowest BCUT2D eigenvalue weighted by atomic mass is 10.2. The fourth-order valence-corrected chi connectivity index (χ4v) is 2.16. The fraction of sp³-hybridized carbons (Fsp3) is 0.0667. The number of rotatable bonds is 4. The third-order valence-corrected chi connectivity index (χ3v) is 3.71. The summed E-state index contributed by atoms with van der Waals surface area (Å²) in [5.41, 5.74) is 3.41. The third kappa shape index (κ3) is 3.94. The maximum absolute atomic E-state index is 11.9. The number of amides is 1. The first-order valence-corrected chi connectivity index (χ1v) is 7.14. The molecule has 21 heavy (non-hydrogen) atoms. The molecule has 2 aromatic carbocycles. The molecule has 0 radical (unpaired) electrons. The summed E-state index contributed by atoms with van der Waals surface area (Å²) in [5, 5.41) is 13.7. The number of phenols is 1. The highest BCUT2D eigenvalue weighted by Crippen LogP contribution is 2.23. The molecule has 0 aliphatic heterocycles. The third-order valence-electron chi connectivity index (χ3n) is 2.72. The van der Waals surface area contributed by atoms with Gasteiger partial charge in [-0.3, -0.25) is 4.79 Å². The summed E-state index contributed by atoms with van der Waals surface area (Å²) < 4.78 is 5.99. The first kappa shape index (κ1) is 15.3. The molecule has 0 spiro atoms. The Kier molecular flexibility index (Phi) is 5.15. The lowest BCUT2D eigenvalue weighted by Crippen LogP contribution is -2.17. The van der Waals surface area contributed by atoms with E-state index in [1.165, 1.54) is 19.2 Å². The number of benzene rings is 2. The average molecular weight is 396 g/mol. The van der Waals surface area contributed by atoms with E-state index in [9.17, 15) is 9.90 Å². The minimum Gasteiger partial charge on any atom is -0.507 e. The molecule has 0 unspecified atom stereocenters. The molecule has 2 aromatic rings. The number of aromatic hydroxyl groups is 1. The summed E-state index contributed by atoms with van der Waals surface area (Å²) in [4.78, 5) is 11.9. The largest absolute Gasteiger partial charge is 0.507 e. The van der Waals surface area contributed by atoms with E-state index < -0.39 is 5.91 Å². The molecular weight excluding hydrogens is 383 g/mol. The van der Waals surface area contributed by atoms with Crippen LogP contribution in [0.15, 0.2) is 47.6 Å². The van der Waals surface area contributed by atoms with Gasteiger partial charge < -0.3 is 9.84 Å². The lowest BCUT2D eigenvalue weighted by molar-refractivity contribution is 0.0952. The molecule has 2 rings (SSSR count). The standard InChI is InChI=1S/C15H13IN2O3/c1-21-11-6-7-12(14(19)8-11)15(20)18-17-9-10-4-2-3-5-13(10)16/h2-9,19H,1H3,(H,18,20)/b17-9-. The summed E-state index contributed by atoms with van der Waals surface area (Å²) >= 11 is 2.18. The van der Waals surface area contributed by atoms with Crippen LogP contribution in [-0.4, -0.2) is 24.3 Å². The van der Waals surface area contributed by atoms with Gasteiger partial charge in [0.2, 0.25) is 0 Å². The van der Waals surface area contributed by atoms with E-state index in [2.05, 4.69) is 33.1 Å². The minimum atomic E-state index is -0.489. The van der Waals surface area contributed by atoms with Crippen molar-refractivity contribution < 1.29 is 14.6 Å². The van der Waals surface area contributed by atoms with Gasteiger partial charge in [0.25, 0.3) is 5.91 Å². The number of halogens is 1. The van der Waals surface area contributed by atoms with E-state index >= 15 is 0 Å². The van der Waals surface area contributed by atoms with Gasteiger partial charge >= 0.3 is 0 Å². The van der Waals surface area contributed by atoms with E-state index in [0.717, 1.165) is 9.13 Å². The van der Waals surface area contributed by atoms with E-state index in [-0.39, 0.29) is 11.3 Å². The van der Waals surface area contributed by atoms with E-state index in [1.807, 2.05) is 24.3 Å². The minimum absolute atomic E-state index is 0.135. The van der Waals surface area contributed by atoms with Crippen LogP contribution in [0, 0.1) is 3.57 Å². The van der Waals surface area contributed by atoms with Gasteiger partial charge in [0, 0.05) is 15.2 Å². The van der Waals surface area contributed by atoms with Gasteiger partial charge in [-0.1, -0.05) is 18.2 Å². The molecule has 0 atom stereocenters. The average Bonchev–Trinajstić information content (AvgIpc) is 2.48. The normalized spacial score (nSPS) is 10.6. The summed E-state index contributed by atoms with van der Waals surface area (Å²) in [6.45, 7) is 0. The van der Waals surface area contributed by atoms with Crippen LogP contribution in [0.25, 0.3) is 0 Å². The van der Waals surface area contributed by atoms with Crippen molar-refractivity contribution in [2.45, 2.75) is 0 Å². The van der Waals surface area contributed by atoms with Crippen LogP contribution in [0.1, 0.15) is 15.9 Å². The highest BCUT2D eigenvalue weighted by atomic mass is 127. The van der Waals surface area contributed by atoms with Gasteiger partial charge in [-0.15, -0.1) is 0 Å². The summed E-state index contributed by atoms with van der Waals surface area (Å²) in [7, 11) is 1.49. The summed E-state index contributed by atoms with van der Waals surface area (Å²) in [6, 6.07) is 12.1. The SMILES string of the molecule is COc1ccc(C(=O)N/N=C\c2ccccc2I)c(O)c1. The number of carbonyl (C=O) groups is 1. The number of phenolic OH excluding ortho intramolecular Hbond substituents is 1. The van der Waals surface area contributed by atoms with Crippen LogP contribution in [0.4, 0.5) is 0 Å². The van der Waals surface area contributed by atoms with Crippen LogP contribution >= 0.6 is 22.6 Å². The molecule has 0 aliphatic carbocycles. The number of hydrazone groups is 1. The number of hydrogen-bond donors (Lipinski definition) is 2. The first-order chi connectivity index (χ1) is 10.1. The molecule has 0 aromatic heterocycles. The quantitative estimate of drug-likeness (QED) is 0.475. The van der Waals surface area contributed by atoms with Crippen molar-refractivity contribution in [3.63, 3.8) is 0 Å². The Hall–Kier alpha value is -2.09. The molecule has 0 fully saturated rings. The van der Waals surface area contributed by atoms with E-state index in [0.29, 0.717) is 5.75 Å². The van der Waals surface area contributed by atoms with Crippen molar-refractivity contribution in [3.8, 4) is 11.5 Å². The molecule has 1 amide bonds. The second kappa shape index (κ2) is 7.07. The number of methoxy groups -OCH3 is 1. The zero-order valence-corrected chi connectivity index (χ0v) is 13.4. The predicted molar refractivity (Wildman–Crippen MR) is 88.9 cm³/mol. The van der Waals surface area contributed by atoms with Crippen LogP contribution in [0.5, 0.6) is 11.5 Å². The van der Waals surface area contributed by atoms with Gasteiger partial charge in [0.1, 0.15) is 11.5 Å². The molecule has 0 saturated heterocycles. The van der Waals surface area contributed by atoms with Gasteiger partial charge in [0.15, 0.2) is 0 Å². The second-order valence-corrected chi connectivity index (χ2v) is 5.27. The molecule has 0 aliphatic rings. The Balaban J connectivity index is 2.07.